The van der Waals surface area contributed by atoms with Crippen molar-refractivity contribution in [3.63, 3.8) is 0 Å². The topological polar surface area (TPSA) is 121 Å². The summed E-state index contributed by atoms with van der Waals surface area (Å²) in [5.41, 5.74) is 7.48. The molecule has 2 N–H and O–H groups in total. The highest BCUT2D eigenvalue weighted by molar-refractivity contribution is 7.87. The molecule has 0 saturated heterocycles. The molecule has 1 atom stereocenters. The van der Waals surface area contributed by atoms with Gasteiger partial charge < -0.3 is 24.1 Å². The van der Waals surface area contributed by atoms with E-state index in [4.69, 9.17) is 24.1 Å². The van der Waals surface area contributed by atoms with Crippen LogP contribution in [0.15, 0.2) is 77.0 Å². The monoisotopic (exact) mass is 482 g/mol. The van der Waals surface area contributed by atoms with Gasteiger partial charge in [0.05, 0.1) is 20.1 Å². The van der Waals surface area contributed by atoms with E-state index in [1.807, 2.05) is 0 Å². The quantitative estimate of drug-likeness (QED) is 0.526. The fourth-order valence-electron chi connectivity index (χ4n) is 3.64. The second-order valence-electron chi connectivity index (χ2n) is 7.23. The summed E-state index contributed by atoms with van der Waals surface area (Å²) in [5, 5.41) is 9.74. The van der Waals surface area contributed by atoms with Crippen LogP contribution in [-0.4, -0.2) is 22.6 Å². The second-order valence-corrected chi connectivity index (χ2v) is 8.78. The first-order chi connectivity index (χ1) is 16.3. The summed E-state index contributed by atoms with van der Waals surface area (Å²) in [6.07, 6.45) is 0. The Bertz CT molecular complexity index is 1430. The van der Waals surface area contributed by atoms with Crippen LogP contribution < -0.4 is 24.1 Å². The van der Waals surface area contributed by atoms with Gasteiger partial charge in [-0.1, -0.05) is 12.1 Å². The summed E-state index contributed by atoms with van der Waals surface area (Å²) in [7, 11) is -1.20. The Balaban J connectivity index is 1.74. The van der Waals surface area contributed by atoms with Gasteiger partial charge >= 0.3 is 10.1 Å². The van der Waals surface area contributed by atoms with Gasteiger partial charge in [0, 0.05) is 11.6 Å². The van der Waals surface area contributed by atoms with Crippen molar-refractivity contribution in [1.29, 1.82) is 5.26 Å². The molecule has 8 nitrogen and oxygen atoms in total. The Hall–Kier alpha value is -4.23. The normalized spacial score (nSPS) is 15.1. The molecule has 1 aliphatic heterocycles. The SMILES string of the molecule is COc1ccc(C2C(C#N)=C(N)Oc3cc(OS(=O)(=O)c4ccc(F)cc4)ccc32)cc1OC. The molecule has 1 unspecified atom stereocenters. The number of halogens is 1. The zero-order valence-corrected chi connectivity index (χ0v) is 18.9. The zero-order valence-electron chi connectivity index (χ0n) is 18.1. The van der Waals surface area contributed by atoms with Crippen molar-refractivity contribution in [2.45, 2.75) is 10.8 Å². The summed E-state index contributed by atoms with van der Waals surface area (Å²) >= 11 is 0. The molecule has 0 saturated carbocycles. The predicted octanol–water partition coefficient (Wildman–Crippen LogP) is 3.83. The number of hydrogen-bond acceptors (Lipinski definition) is 8. The van der Waals surface area contributed by atoms with E-state index in [2.05, 4.69) is 6.07 Å². The molecule has 1 aliphatic rings. The fraction of sp³-hybridized carbons (Fsp3) is 0.125. The molecule has 0 aromatic heterocycles. The molecule has 4 rings (SSSR count). The molecule has 0 fully saturated rings. The molecule has 1 heterocycles. The van der Waals surface area contributed by atoms with Crippen LogP contribution in [0.5, 0.6) is 23.0 Å². The summed E-state index contributed by atoms with van der Waals surface area (Å²) < 4.78 is 59.8. The molecule has 0 spiro atoms. The lowest BCUT2D eigenvalue weighted by Gasteiger charge is -2.27. The average molecular weight is 482 g/mol. The molecule has 174 valence electrons. The van der Waals surface area contributed by atoms with Crippen LogP contribution in [0, 0.1) is 17.1 Å². The number of benzene rings is 3. The van der Waals surface area contributed by atoms with Crippen molar-refractivity contribution in [1.82, 2.24) is 0 Å². The average Bonchev–Trinajstić information content (AvgIpc) is 2.82. The van der Waals surface area contributed by atoms with Crippen molar-refractivity contribution < 1.29 is 31.2 Å². The van der Waals surface area contributed by atoms with Crippen molar-refractivity contribution in [3.05, 3.63) is 89.1 Å². The first-order valence-electron chi connectivity index (χ1n) is 9.91. The first kappa shape index (κ1) is 22.9. The van der Waals surface area contributed by atoms with Crippen molar-refractivity contribution in [2.24, 2.45) is 5.73 Å². The van der Waals surface area contributed by atoms with E-state index in [0.29, 0.717) is 22.6 Å². The molecule has 10 heteroatoms. The molecule has 0 amide bonds. The number of rotatable bonds is 6. The molecule has 3 aromatic rings. The van der Waals surface area contributed by atoms with Crippen LogP contribution in [0.25, 0.3) is 0 Å². The predicted molar refractivity (Wildman–Crippen MR) is 119 cm³/mol. The van der Waals surface area contributed by atoms with Gasteiger partial charge in [0.15, 0.2) is 11.5 Å². The Labute approximate surface area is 195 Å². The Morgan fingerprint density at radius 2 is 1.71 bits per heavy atom. The molecule has 3 aromatic carbocycles. The van der Waals surface area contributed by atoms with E-state index >= 15 is 0 Å². The number of methoxy groups -OCH3 is 2. The summed E-state index contributed by atoms with van der Waals surface area (Å²) in [4.78, 5) is -0.207. The smallest absolute Gasteiger partial charge is 0.339 e. The number of nitrogens with two attached hydrogens (primary N) is 1. The maximum Gasteiger partial charge on any atom is 0.339 e. The Morgan fingerprint density at radius 3 is 2.35 bits per heavy atom. The van der Waals surface area contributed by atoms with Gasteiger partial charge in [0.25, 0.3) is 0 Å². The van der Waals surface area contributed by atoms with E-state index in [9.17, 15) is 18.1 Å². The highest BCUT2D eigenvalue weighted by Crippen LogP contribution is 2.45. The third-order valence-electron chi connectivity index (χ3n) is 5.24. The number of ether oxygens (including phenoxy) is 3. The van der Waals surface area contributed by atoms with Gasteiger partial charge in [0.2, 0.25) is 5.88 Å². The van der Waals surface area contributed by atoms with Gasteiger partial charge in [-0.2, -0.15) is 13.7 Å². The molecule has 0 radical (unpaired) electrons. The summed E-state index contributed by atoms with van der Waals surface area (Å²) in [6.45, 7) is 0. The lowest BCUT2D eigenvalue weighted by atomic mass is 9.83. The summed E-state index contributed by atoms with van der Waals surface area (Å²) in [5.74, 6) is -0.119. The van der Waals surface area contributed by atoms with Crippen molar-refractivity contribution >= 4 is 10.1 Å². The number of hydrogen-bond donors (Lipinski definition) is 1. The highest BCUT2D eigenvalue weighted by Gasteiger charge is 2.32. The lowest BCUT2D eigenvalue weighted by molar-refractivity contribution is 0.354. The maximum absolute atomic E-state index is 13.1. The standard InChI is InChI=1S/C24H19FN2O6S/c1-30-20-10-3-14(11-22(20)31-2)23-18-9-6-16(12-21(18)32-24(27)19(23)13-26)33-34(28,29)17-7-4-15(25)5-8-17/h3-12,23H,27H2,1-2H3. The molecule has 0 aliphatic carbocycles. The largest absolute Gasteiger partial charge is 0.493 e. The third-order valence-corrected chi connectivity index (χ3v) is 6.50. The van der Waals surface area contributed by atoms with Crippen LogP contribution in [0.2, 0.25) is 0 Å². The van der Waals surface area contributed by atoms with E-state index in [-0.39, 0.29) is 27.9 Å². The van der Waals surface area contributed by atoms with Crippen molar-refractivity contribution in [2.75, 3.05) is 14.2 Å². The number of nitrogens with zero attached hydrogens (tertiary/aromatic N) is 1. The third kappa shape index (κ3) is 4.21. The molecule has 34 heavy (non-hydrogen) atoms. The Morgan fingerprint density at radius 1 is 1.00 bits per heavy atom. The number of nitriles is 1. The second kappa shape index (κ2) is 8.96. The minimum atomic E-state index is -4.22. The van der Waals surface area contributed by atoms with Gasteiger partial charge in [-0.15, -0.1) is 0 Å². The minimum absolute atomic E-state index is 0.0395. The van der Waals surface area contributed by atoms with Crippen LogP contribution in [0.4, 0.5) is 4.39 Å². The van der Waals surface area contributed by atoms with Crippen LogP contribution in [-0.2, 0) is 10.1 Å². The molecular formula is C24H19FN2O6S. The Kier molecular flexibility index (Phi) is 6.04. The zero-order chi connectivity index (χ0) is 24.5. The lowest BCUT2D eigenvalue weighted by Crippen LogP contribution is -2.21. The van der Waals surface area contributed by atoms with Gasteiger partial charge in [-0.05, 0) is 48.0 Å². The minimum Gasteiger partial charge on any atom is -0.493 e. The van der Waals surface area contributed by atoms with Crippen LogP contribution in [0.1, 0.15) is 17.0 Å². The van der Waals surface area contributed by atoms with Crippen LogP contribution in [0.3, 0.4) is 0 Å². The molecule has 0 bridgehead atoms. The number of fused-ring (bicyclic) bond motifs is 1. The van der Waals surface area contributed by atoms with E-state index in [0.717, 1.165) is 24.3 Å². The van der Waals surface area contributed by atoms with Gasteiger partial charge in [-0.25, -0.2) is 4.39 Å². The first-order valence-corrected chi connectivity index (χ1v) is 11.3. The van der Waals surface area contributed by atoms with E-state index in [1.54, 1.807) is 24.3 Å². The van der Waals surface area contributed by atoms with Gasteiger partial charge in [-0.3, -0.25) is 0 Å². The van der Waals surface area contributed by atoms with E-state index in [1.165, 1.54) is 26.4 Å². The maximum atomic E-state index is 13.1. The highest BCUT2D eigenvalue weighted by atomic mass is 32.2. The van der Waals surface area contributed by atoms with E-state index < -0.39 is 21.9 Å². The van der Waals surface area contributed by atoms with Crippen molar-refractivity contribution in [3.8, 4) is 29.1 Å². The van der Waals surface area contributed by atoms with Crippen LogP contribution >= 0.6 is 0 Å². The fourth-order valence-corrected chi connectivity index (χ4v) is 4.56. The number of allylic oxidation sites excluding steroid dienone is 1. The summed E-state index contributed by atoms with van der Waals surface area (Å²) in [6, 6.07) is 15.9. The van der Waals surface area contributed by atoms with Gasteiger partial charge in [0.1, 0.15) is 33.9 Å². The molecular weight excluding hydrogens is 463 g/mol.